The van der Waals surface area contributed by atoms with Crippen LogP contribution < -0.4 is 9.64 Å². The monoisotopic (exact) mass is 356 g/mol. The van der Waals surface area contributed by atoms with Crippen LogP contribution in [0.3, 0.4) is 0 Å². The van der Waals surface area contributed by atoms with Crippen molar-refractivity contribution in [3.63, 3.8) is 0 Å². The number of methoxy groups -OCH3 is 1. The van der Waals surface area contributed by atoms with Crippen LogP contribution in [0.15, 0.2) is 24.4 Å². The molecule has 3 aromatic heterocycles. The Kier molecular flexibility index (Phi) is 4.50. The predicted molar refractivity (Wildman–Crippen MR) is 99.6 cm³/mol. The van der Waals surface area contributed by atoms with Crippen molar-refractivity contribution in [1.82, 2.24) is 15.0 Å². The molecule has 0 radical (unpaired) electrons. The SMILES string of the molecule is CCc1cc2nc(-c3ccc(OC)nc3)nc(N3CCOCC3)c2s1. The topological polar surface area (TPSA) is 60.4 Å². The minimum atomic E-state index is 0.585. The summed E-state index contributed by atoms with van der Waals surface area (Å²) in [4.78, 5) is 17.6. The van der Waals surface area contributed by atoms with Gasteiger partial charge in [0, 0.05) is 35.8 Å². The number of nitrogens with zero attached hydrogens (tertiary/aromatic N) is 4. The molecule has 25 heavy (non-hydrogen) atoms. The molecule has 0 amide bonds. The second-order valence-electron chi connectivity index (χ2n) is 5.84. The van der Waals surface area contributed by atoms with E-state index in [1.807, 2.05) is 12.1 Å². The van der Waals surface area contributed by atoms with E-state index >= 15 is 0 Å². The van der Waals surface area contributed by atoms with Gasteiger partial charge in [-0.2, -0.15) is 0 Å². The van der Waals surface area contributed by atoms with E-state index in [0.717, 1.165) is 54.3 Å². The zero-order chi connectivity index (χ0) is 17.2. The zero-order valence-corrected chi connectivity index (χ0v) is 15.2. The van der Waals surface area contributed by atoms with Gasteiger partial charge in [-0.25, -0.2) is 15.0 Å². The van der Waals surface area contributed by atoms with E-state index in [2.05, 4.69) is 22.9 Å². The second-order valence-corrected chi connectivity index (χ2v) is 6.98. The molecule has 4 rings (SSSR count). The maximum atomic E-state index is 5.49. The summed E-state index contributed by atoms with van der Waals surface area (Å²) in [7, 11) is 1.61. The van der Waals surface area contributed by atoms with E-state index < -0.39 is 0 Å². The molecular weight excluding hydrogens is 336 g/mol. The molecule has 4 heterocycles. The van der Waals surface area contributed by atoms with Gasteiger partial charge in [0.05, 0.1) is 30.5 Å². The third-order valence-corrected chi connectivity index (χ3v) is 5.53. The summed E-state index contributed by atoms with van der Waals surface area (Å²) in [6, 6.07) is 5.96. The molecule has 1 fully saturated rings. The highest BCUT2D eigenvalue weighted by atomic mass is 32.1. The molecule has 0 aliphatic carbocycles. The van der Waals surface area contributed by atoms with Crippen molar-refractivity contribution in [2.75, 3.05) is 38.3 Å². The number of morpholine rings is 1. The first-order chi connectivity index (χ1) is 12.3. The smallest absolute Gasteiger partial charge is 0.212 e. The fourth-order valence-electron chi connectivity index (χ4n) is 2.89. The van der Waals surface area contributed by atoms with Gasteiger partial charge in [-0.1, -0.05) is 6.92 Å². The number of fused-ring (bicyclic) bond motifs is 1. The van der Waals surface area contributed by atoms with Gasteiger partial charge < -0.3 is 14.4 Å². The Morgan fingerprint density at radius 2 is 2.08 bits per heavy atom. The van der Waals surface area contributed by atoms with Crippen LogP contribution in [-0.4, -0.2) is 48.4 Å². The van der Waals surface area contributed by atoms with Gasteiger partial charge in [0.1, 0.15) is 0 Å². The standard InChI is InChI=1S/C18H20N4O2S/c1-3-13-10-14-16(25-13)18(22-6-8-24-9-7-22)21-17(20-14)12-4-5-15(23-2)19-11-12/h4-5,10-11H,3,6-9H2,1-2H3. The van der Waals surface area contributed by atoms with Crippen molar-refractivity contribution < 1.29 is 9.47 Å². The minimum absolute atomic E-state index is 0.585. The molecule has 0 spiro atoms. The van der Waals surface area contributed by atoms with Gasteiger partial charge >= 0.3 is 0 Å². The molecule has 0 atom stereocenters. The van der Waals surface area contributed by atoms with Crippen LogP contribution in [0.4, 0.5) is 5.82 Å². The summed E-state index contributed by atoms with van der Waals surface area (Å²) in [6.45, 7) is 5.34. The molecule has 1 aliphatic heterocycles. The number of rotatable bonds is 4. The summed E-state index contributed by atoms with van der Waals surface area (Å²) in [5.41, 5.74) is 1.89. The summed E-state index contributed by atoms with van der Waals surface area (Å²) in [5.74, 6) is 2.29. The van der Waals surface area contributed by atoms with E-state index in [1.54, 1.807) is 24.6 Å². The third kappa shape index (κ3) is 3.17. The fourth-order valence-corrected chi connectivity index (χ4v) is 3.94. The van der Waals surface area contributed by atoms with Crippen LogP contribution in [0, 0.1) is 0 Å². The number of aromatic nitrogens is 3. The largest absolute Gasteiger partial charge is 0.481 e. The lowest BCUT2D eigenvalue weighted by Gasteiger charge is -2.28. The van der Waals surface area contributed by atoms with Gasteiger partial charge in [0.2, 0.25) is 5.88 Å². The summed E-state index contributed by atoms with van der Waals surface area (Å²) >= 11 is 1.78. The second kappa shape index (κ2) is 6.93. The molecule has 0 saturated carbocycles. The lowest BCUT2D eigenvalue weighted by Crippen LogP contribution is -2.36. The highest BCUT2D eigenvalue weighted by Crippen LogP contribution is 2.34. The molecule has 0 unspecified atom stereocenters. The van der Waals surface area contributed by atoms with Gasteiger partial charge in [-0.15, -0.1) is 11.3 Å². The number of hydrogen-bond acceptors (Lipinski definition) is 7. The normalized spacial score (nSPS) is 14.9. The lowest BCUT2D eigenvalue weighted by molar-refractivity contribution is 0.122. The third-order valence-electron chi connectivity index (χ3n) is 4.27. The molecule has 0 bridgehead atoms. The van der Waals surface area contributed by atoms with Crippen molar-refractivity contribution in [2.24, 2.45) is 0 Å². The Morgan fingerprint density at radius 1 is 1.24 bits per heavy atom. The van der Waals surface area contributed by atoms with Gasteiger partial charge in [0.15, 0.2) is 11.6 Å². The zero-order valence-electron chi connectivity index (χ0n) is 14.4. The number of pyridine rings is 1. The van der Waals surface area contributed by atoms with E-state index in [-0.39, 0.29) is 0 Å². The van der Waals surface area contributed by atoms with Crippen LogP contribution in [0.1, 0.15) is 11.8 Å². The molecule has 0 N–H and O–H groups in total. The molecule has 0 aromatic carbocycles. The van der Waals surface area contributed by atoms with Gasteiger partial charge in [-0.3, -0.25) is 0 Å². The molecule has 1 aliphatic rings. The number of ether oxygens (including phenoxy) is 2. The van der Waals surface area contributed by atoms with Crippen LogP contribution >= 0.6 is 11.3 Å². The van der Waals surface area contributed by atoms with Crippen molar-refractivity contribution in [1.29, 1.82) is 0 Å². The molecule has 3 aromatic rings. The quantitative estimate of drug-likeness (QED) is 0.716. The maximum Gasteiger partial charge on any atom is 0.212 e. The first-order valence-corrected chi connectivity index (χ1v) is 9.23. The van der Waals surface area contributed by atoms with Crippen molar-refractivity contribution in [3.05, 3.63) is 29.3 Å². The van der Waals surface area contributed by atoms with E-state index in [0.29, 0.717) is 11.7 Å². The Hall–Kier alpha value is -2.25. The van der Waals surface area contributed by atoms with Gasteiger partial charge in [0.25, 0.3) is 0 Å². The van der Waals surface area contributed by atoms with Crippen molar-refractivity contribution in [2.45, 2.75) is 13.3 Å². The predicted octanol–water partition coefficient (Wildman–Crippen LogP) is 3.16. The molecule has 1 saturated heterocycles. The first-order valence-electron chi connectivity index (χ1n) is 8.42. The van der Waals surface area contributed by atoms with Crippen molar-refractivity contribution >= 4 is 27.4 Å². The Bertz CT molecular complexity index is 873. The van der Waals surface area contributed by atoms with Crippen LogP contribution in [0.5, 0.6) is 5.88 Å². The van der Waals surface area contributed by atoms with E-state index in [9.17, 15) is 0 Å². The van der Waals surface area contributed by atoms with Gasteiger partial charge in [-0.05, 0) is 18.6 Å². The first kappa shape index (κ1) is 16.2. The molecular formula is C18H20N4O2S. The highest BCUT2D eigenvalue weighted by molar-refractivity contribution is 7.19. The highest BCUT2D eigenvalue weighted by Gasteiger charge is 2.20. The average Bonchev–Trinajstić information content (AvgIpc) is 3.11. The van der Waals surface area contributed by atoms with Crippen molar-refractivity contribution in [3.8, 4) is 17.3 Å². The minimum Gasteiger partial charge on any atom is -0.481 e. The Labute approximate surface area is 150 Å². The number of thiophene rings is 1. The lowest BCUT2D eigenvalue weighted by atomic mass is 10.2. The fraction of sp³-hybridized carbons (Fsp3) is 0.389. The van der Waals surface area contributed by atoms with E-state index in [1.165, 1.54) is 4.88 Å². The van der Waals surface area contributed by atoms with Crippen LogP contribution in [0.25, 0.3) is 21.6 Å². The maximum absolute atomic E-state index is 5.49. The molecule has 7 heteroatoms. The summed E-state index contributed by atoms with van der Waals surface area (Å²) in [5, 5.41) is 0. The summed E-state index contributed by atoms with van der Waals surface area (Å²) < 4.78 is 11.8. The number of aryl methyl sites for hydroxylation is 1. The molecule has 6 nitrogen and oxygen atoms in total. The number of hydrogen-bond donors (Lipinski definition) is 0. The Balaban J connectivity index is 1.83. The average molecular weight is 356 g/mol. The summed E-state index contributed by atoms with van der Waals surface area (Å²) in [6.07, 6.45) is 2.76. The number of anilines is 1. The van der Waals surface area contributed by atoms with Crippen LogP contribution in [0.2, 0.25) is 0 Å². The Morgan fingerprint density at radius 3 is 2.76 bits per heavy atom. The molecule has 130 valence electrons. The van der Waals surface area contributed by atoms with E-state index in [4.69, 9.17) is 19.4 Å². The van der Waals surface area contributed by atoms with Crippen LogP contribution in [-0.2, 0) is 11.2 Å².